The summed E-state index contributed by atoms with van der Waals surface area (Å²) in [5.41, 5.74) is 4.83. The normalized spacial score (nSPS) is 16.0. The van der Waals surface area contributed by atoms with E-state index in [2.05, 4.69) is 0 Å². The van der Waals surface area contributed by atoms with Gasteiger partial charge in [-0.05, 0) is 17.5 Å². The van der Waals surface area contributed by atoms with Crippen molar-refractivity contribution in [3.05, 3.63) is 35.4 Å². The van der Waals surface area contributed by atoms with Crippen LogP contribution in [0.25, 0.3) is 0 Å². The van der Waals surface area contributed by atoms with Crippen LogP contribution in [0.15, 0.2) is 24.3 Å². The van der Waals surface area contributed by atoms with Crippen molar-refractivity contribution >= 4 is 0 Å². The Labute approximate surface area is 98.3 Å². The minimum Gasteiger partial charge on any atom is -0.391 e. The van der Waals surface area contributed by atoms with E-state index in [-0.39, 0.29) is 11.5 Å². The van der Waals surface area contributed by atoms with Crippen molar-refractivity contribution in [3.63, 3.8) is 0 Å². The summed E-state index contributed by atoms with van der Waals surface area (Å²) in [7, 11) is 0. The van der Waals surface area contributed by atoms with Gasteiger partial charge in [-0.1, -0.05) is 32.0 Å². The number of halogens is 3. The summed E-state index contributed by atoms with van der Waals surface area (Å²) >= 11 is 0. The van der Waals surface area contributed by atoms with Crippen molar-refractivity contribution in [2.24, 2.45) is 11.7 Å². The Morgan fingerprint density at radius 2 is 1.71 bits per heavy atom. The van der Waals surface area contributed by atoms with Gasteiger partial charge in [0.2, 0.25) is 0 Å². The highest BCUT2D eigenvalue weighted by molar-refractivity contribution is 5.32. The maximum Gasteiger partial charge on any atom is 0.416 e. The number of hydrogen-bond donors (Lipinski definition) is 2. The van der Waals surface area contributed by atoms with E-state index in [0.717, 1.165) is 6.07 Å². The highest BCUT2D eigenvalue weighted by Gasteiger charge is 2.35. The van der Waals surface area contributed by atoms with Crippen molar-refractivity contribution in [3.8, 4) is 0 Å². The Kier molecular flexibility index (Phi) is 4.16. The molecule has 0 aliphatic carbocycles. The van der Waals surface area contributed by atoms with Gasteiger partial charge in [-0.2, -0.15) is 13.2 Å². The number of hydrogen-bond acceptors (Lipinski definition) is 2. The topological polar surface area (TPSA) is 46.2 Å². The largest absolute Gasteiger partial charge is 0.416 e. The third kappa shape index (κ3) is 3.20. The van der Waals surface area contributed by atoms with Crippen LogP contribution in [0.3, 0.4) is 0 Å². The van der Waals surface area contributed by atoms with E-state index in [1.54, 1.807) is 13.8 Å². The lowest BCUT2D eigenvalue weighted by molar-refractivity contribution is -0.138. The zero-order valence-electron chi connectivity index (χ0n) is 9.70. The van der Waals surface area contributed by atoms with Crippen LogP contribution in [0, 0.1) is 5.92 Å². The fourth-order valence-electron chi connectivity index (χ4n) is 1.64. The molecule has 0 amide bonds. The maximum atomic E-state index is 12.7. The van der Waals surface area contributed by atoms with Crippen molar-refractivity contribution in [2.45, 2.75) is 32.2 Å². The summed E-state index contributed by atoms with van der Waals surface area (Å²) < 4.78 is 38.2. The molecular weight excluding hydrogens is 231 g/mol. The molecule has 0 fully saturated rings. The van der Waals surface area contributed by atoms with Gasteiger partial charge in [-0.15, -0.1) is 0 Å². The van der Waals surface area contributed by atoms with Crippen molar-refractivity contribution in [2.75, 3.05) is 0 Å². The summed E-state index contributed by atoms with van der Waals surface area (Å²) in [6.45, 7) is 3.42. The van der Waals surface area contributed by atoms with E-state index < -0.39 is 23.9 Å². The molecule has 0 aliphatic rings. The van der Waals surface area contributed by atoms with Gasteiger partial charge < -0.3 is 10.8 Å². The Morgan fingerprint density at radius 3 is 2.18 bits per heavy atom. The monoisotopic (exact) mass is 247 g/mol. The molecular formula is C12H16F3NO. The van der Waals surface area contributed by atoms with Crippen LogP contribution in [0.1, 0.15) is 31.0 Å². The number of rotatable bonds is 3. The zero-order chi connectivity index (χ0) is 13.2. The zero-order valence-corrected chi connectivity index (χ0v) is 9.70. The summed E-state index contributed by atoms with van der Waals surface area (Å²) in [5.74, 6) is -0.203. The van der Waals surface area contributed by atoms with Crippen LogP contribution in [0.4, 0.5) is 13.2 Å². The summed E-state index contributed by atoms with van der Waals surface area (Å²) in [6, 6.07) is 4.03. The number of benzene rings is 1. The molecule has 0 heterocycles. The molecule has 2 nitrogen and oxygen atoms in total. The Balaban J connectivity index is 3.14. The third-order valence-electron chi connectivity index (χ3n) is 2.68. The molecule has 2 atom stereocenters. The molecule has 3 N–H and O–H groups in total. The second-order valence-corrected chi connectivity index (χ2v) is 4.35. The van der Waals surface area contributed by atoms with Gasteiger partial charge in [-0.25, -0.2) is 0 Å². The third-order valence-corrected chi connectivity index (χ3v) is 2.68. The second kappa shape index (κ2) is 5.06. The minimum absolute atomic E-state index is 0.0683. The fraction of sp³-hybridized carbons (Fsp3) is 0.500. The SMILES string of the molecule is CC(C)[C@H](O)[C@H](N)c1ccccc1C(F)(F)F. The molecule has 0 unspecified atom stereocenters. The Morgan fingerprint density at radius 1 is 1.18 bits per heavy atom. The number of aliphatic hydroxyl groups is 1. The average Bonchev–Trinajstić information content (AvgIpc) is 2.25. The molecule has 0 saturated heterocycles. The lowest BCUT2D eigenvalue weighted by atomic mass is 9.91. The highest BCUT2D eigenvalue weighted by Crippen LogP contribution is 2.35. The van der Waals surface area contributed by atoms with Crippen LogP contribution < -0.4 is 5.73 Å². The second-order valence-electron chi connectivity index (χ2n) is 4.35. The summed E-state index contributed by atoms with van der Waals surface area (Å²) in [5, 5.41) is 9.75. The molecule has 96 valence electrons. The standard InChI is InChI=1S/C12H16F3NO/c1-7(2)11(17)10(16)8-5-3-4-6-9(8)12(13,14)15/h3-7,10-11,17H,16H2,1-2H3/t10-,11+/m1/s1. The fourth-order valence-corrected chi connectivity index (χ4v) is 1.64. The van der Waals surface area contributed by atoms with E-state index in [1.807, 2.05) is 0 Å². The quantitative estimate of drug-likeness (QED) is 0.862. The van der Waals surface area contributed by atoms with E-state index >= 15 is 0 Å². The van der Waals surface area contributed by atoms with Gasteiger partial charge in [0.15, 0.2) is 0 Å². The molecule has 1 aromatic rings. The highest BCUT2D eigenvalue weighted by atomic mass is 19.4. The molecule has 0 spiro atoms. The number of nitrogens with two attached hydrogens (primary N) is 1. The van der Waals surface area contributed by atoms with Crippen LogP contribution >= 0.6 is 0 Å². The first-order valence-corrected chi connectivity index (χ1v) is 5.35. The molecule has 0 aliphatic heterocycles. The Bertz CT molecular complexity index is 376. The molecule has 0 bridgehead atoms. The lowest BCUT2D eigenvalue weighted by Gasteiger charge is -2.25. The molecule has 17 heavy (non-hydrogen) atoms. The molecule has 1 aromatic carbocycles. The Hall–Kier alpha value is -1.07. The predicted octanol–water partition coefficient (Wildman–Crippen LogP) is 2.72. The van der Waals surface area contributed by atoms with Crippen molar-refractivity contribution < 1.29 is 18.3 Å². The van der Waals surface area contributed by atoms with Gasteiger partial charge in [0.25, 0.3) is 0 Å². The summed E-state index contributed by atoms with van der Waals surface area (Å²) in [4.78, 5) is 0. The van der Waals surface area contributed by atoms with E-state index in [9.17, 15) is 18.3 Å². The first-order chi connectivity index (χ1) is 7.75. The van der Waals surface area contributed by atoms with Crippen LogP contribution in [0.5, 0.6) is 0 Å². The van der Waals surface area contributed by atoms with E-state index in [0.29, 0.717) is 0 Å². The van der Waals surface area contributed by atoms with Crippen LogP contribution in [-0.4, -0.2) is 11.2 Å². The lowest BCUT2D eigenvalue weighted by Crippen LogP contribution is -2.32. The van der Waals surface area contributed by atoms with Crippen LogP contribution in [0.2, 0.25) is 0 Å². The van der Waals surface area contributed by atoms with Crippen LogP contribution in [-0.2, 0) is 6.18 Å². The number of alkyl halides is 3. The molecule has 5 heteroatoms. The summed E-state index contributed by atoms with van der Waals surface area (Å²) in [6.07, 6.45) is -5.45. The van der Waals surface area contributed by atoms with Gasteiger partial charge in [0.05, 0.1) is 17.7 Å². The van der Waals surface area contributed by atoms with Gasteiger partial charge in [-0.3, -0.25) is 0 Å². The molecule has 1 rings (SSSR count). The van der Waals surface area contributed by atoms with Gasteiger partial charge >= 0.3 is 6.18 Å². The van der Waals surface area contributed by atoms with E-state index in [4.69, 9.17) is 5.73 Å². The first-order valence-electron chi connectivity index (χ1n) is 5.35. The average molecular weight is 247 g/mol. The van der Waals surface area contributed by atoms with Crippen molar-refractivity contribution in [1.82, 2.24) is 0 Å². The van der Waals surface area contributed by atoms with Crippen molar-refractivity contribution in [1.29, 1.82) is 0 Å². The predicted molar refractivity (Wildman–Crippen MR) is 59.2 cm³/mol. The van der Waals surface area contributed by atoms with E-state index in [1.165, 1.54) is 18.2 Å². The first kappa shape index (κ1) is 14.0. The number of aliphatic hydroxyl groups excluding tert-OH is 1. The molecule has 0 radical (unpaired) electrons. The smallest absolute Gasteiger partial charge is 0.391 e. The molecule has 0 saturated carbocycles. The van der Waals surface area contributed by atoms with Gasteiger partial charge in [0, 0.05) is 0 Å². The maximum absolute atomic E-state index is 12.7. The van der Waals surface area contributed by atoms with Gasteiger partial charge in [0.1, 0.15) is 0 Å². The minimum atomic E-state index is -4.45. The molecule has 0 aromatic heterocycles.